The zero-order chi connectivity index (χ0) is 13.7. The highest BCUT2D eigenvalue weighted by Gasteiger charge is 2.24. The summed E-state index contributed by atoms with van der Waals surface area (Å²) < 4.78 is 0. The second kappa shape index (κ2) is 6.68. The molecule has 19 heavy (non-hydrogen) atoms. The molecule has 1 aromatic carbocycles. The molecule has 1 amide bonds. The van der Waals surface area contributed by atoms with Crippen molar-refractivity contribution in [3.8, 4) is 0 Å². The van der Waals surface area contributed by atoms with E-state index in [4.69, 9.17) is 5.73 Å². The molecule has 0 bridgehead atoms. The average molecular weight is 262 g/mol. The maximum atomic E-state index is 12.0. The number of carbonyl (C=O) groups is 1. The van der Waals surface area contributed by atoms with Crippen LogP contribution in [0.3, 0.4) is 0 Å². The summed E-state index contributed by atoms with van der Waals surface area (Å²) in [6.45, 7) is 0.514. The van der Waals surface area contributed by atoms with Gasteiger partial charge >= 0.3 is 0 Å². The molecule has 2 unspecified atom stereocenters. The molecule has 1 aromatic rings. The lowest BCUT2D eigenvalue weighted by Crippen LogP contribution is -2.40. The van der Waals surface area contributed by atoms with E-state index in [1.807, 2.05) is 30.3 Å². The summed E-state index contributed by atoms with van der Waals surface area (Å²) in [4.78, 5) is 12.0. The molecular weight excluding hydrogens is 240 g/mol. The van der Waals surface area contributed by atoms with Crippen LogP contribution in [0.5, 0.6) is 0 Å². The fraction of sp³-hybridized carbons (Fsp3) is 0.533. The van der Waals surface area contributed by atoms with Crippen LogP contribution >= 0.6 is 0 Å². The van der Waals surface area contributed by atoms with Crippen molar-refractivity contribution in [1.29, 1.82) is 0 Å². The fourth-order valence-corrected chi connectivity index (χ4v) is 2.58. The van der Waals surface area contributed by atoms with Crippen LogP contribution in [0, 0.1) is 5.92 Å². The van der Waals surface area contributed by atoms with Gasteiger partial charge in [-0.3, -0.25) is 4.79 Å². The highest BCUT2D eigenvalue weighted by atomic mass is 16.3. The molecule has 0 saturated heterocycles. The van der Waals surface area contributed by atoms with Crippen LogP contribution in [0.1, 0.15) is 37.3 Å². The zero-order valence-corrected chi connectivity index (χ0v) is 11.1. The van der Waals surface area contributed by atoms with Gasteiger partial charge in [0, 0.05) is 12.5 Å². The first kappa shape index (κ1) is 14.0. The van der Waals surface area contributed by atoms with Gasteiger partial charge in [-0.15, -0.1) is 0 Å². The van der Waals surface area contributed by atoms with Crippen molar-refractivity contribution in [3.05, 3.63) is 35.9 Å². The minimum atomic E-state index is -0.637. The summed E-state index contributed by atoms with van der Waals surface area (Å²) in [7, 11) is 0. The zero-order valence-electron chi connectivity index (χ0n) is 11.1. The number of nitrogens with two attached hydrogens (primary N) is 1. The maximum absolute atomic E-state index is 12.0. The Hall–Kier alpha value is -1.39. The predicted molar refractivity (Wildman–Crippen MR) is 74.3 cm³/mol. The third-order valence-electron chi connectivity index (χ3n) is 3.85. The van der Waals surface area contributed by atoms with Crippen molar-refractivity contribution < 1.29 is 9.90 Å². The van der Waals surface area contributed by atoms with Crippen molar-refractivity contribution in [2.45, 2.75) is 37.8 Å². The number of rotatable bonds is 4. The molecule has 0 heterocycles. The fourth-order valence-electron chi connectivity index (χ4n) is 2.58. The summed E-state index contributed by atoms with van der Waals surface area (Å²) in [6.07, 6.45) is 3.73. The van der Waals surface area contributed by atoms with Crippen molar-refractivity contribution in [1.82, 2.24) is 5.32 Å². The van der Waals surface area contributed by atoms with E-state index in [1.54, 1.807) is 0 Å². The monoisotopic (exact) mass is 262 g/mol. The first-order valence-electron chi connectivity index (χ1n) is 6.95. The largest absolute Gasteiger partial charge is 0.393 e. The first-order chi connectivity index (χ1) is 9.18. The lowest BCUT2D eigenvalue weighted by atomic mass is 9.86. The van der Waals surface area contributed by atoms with Crippen LogP contribution in [-0.4, -0.2) is 23.7 Å². The van der Waals surface area contributed by atoms with Crippen LogP contribution in [0.15, 0.2) is 30.3 Å². The van der Waals surface area contributed by atoms with Gasteiger partial charge in [0.05, 0.1) is 6.10 Å². The molecule has 1 fully saturated rings. The summed E-state index contributed by atoms with van der Waals surface area (Å²) in [6, 6.07) is 8.69. The van der Waals surface area contributed by atoms with Gasteiger partial charge in [0.2, 0.25) is 5.91 Å². The molecule has 0 aliphatic heterocycles. The normalized spacial score (nSPS) is 24.7. The maximum Gasteiger partial charge on any atom is 0.241 e. The molecule has 0 spiro atoms. The molecule has 1 saturated carbocycles. The Morgan fingerprint density at radius 1 is 1.32 bits per heavy atom. The highest BCUT2D eigenvalue weighted by molar-refractivity contribution is 5.82. The summed E-state index contributed by atoms with van der Waals surface area (Å²) in [5.41, 5.74) is 6.72. The van der Waals surface area contributed by atoms with Gasteiger partial charge in [-0.1, -0.05) is 43.2 Å². The second-order valence-corrected chi connectivity index (χ2v) is 5.25. The van der Waals surface area contributed by atoms with Crippen LogP contribution in [0.25, 0.3) is 0 Å². The van der Waals surface area contributed by atoms with E-state index in [0.29, 0.717) is 6.54 Å². The van der Waals surface area contributed by atoms with Gasteiger partial charge in [0.1, 0.15) is 6.04 Å². The van der Waals surface area contributed by atoms with Gasteiger partial charge < -0.3 is 16.2 Å². The number of hydrogen-bond acceptors (Lipinski definition) is 3. The highest BCUT2D eigenvalue weighted by Crippen LogP contribution is 2.23. The number of hydrogen-bond donors (Lipinski definition) is 3. The molecule has 1 aliphatic carbocycles. The number of carbonyl (C=O) groups excluding carboxylic acids is 1. The van der Waals surface area contributed by atoms with Crippen LogP contribution in [0.4, 0.5) is 0 Å². The predicted octanol–water partition coefficient (Wildman–Crippen LogP) is 1.35. The quantitative estimate of drug-likeness (QED) is 0.766. The van der Waals surface area contributed by atoms with Gasteiger partial charge in [-0.2, -0.15) is 0 Å². The topological polar surface area (TPSA) is 75.4 Å². The van der Waals surface area contributed by atoms with Crippen molar-refractivity contribution in [2.24, 2.45) is 11.7 Å². The molecule has 0 aromatic heterocycles. The third-order valence-corrected chi connectivity index (χ3v) is 3.85. The van der Waals surface area contributed by atoms with E-state index < -0.39 is 6.04 Å². The van der Waals surface area contributed by atoms with E-state index >= 15 is 0 Å². The molecule has 2 rings (SSSR count). The van der Waals surface area contributed by atoms with Gasteiger partial charge in [-0.05, 0) is 18.4 Å². The van der Waals surface area contributed by atoms with Crippen molar-refractivity contribution >= 4 is 5.91 Å². The third kappa shape index (κ3) is 3.78. The molecule has 4 N–H and O–H groups in total. The van der Waals surface area contributed by atoms with Crippen LogP contribution in [0.2, 0.25) is 0 Å². The van der Waals surface area contributed by atoms with Gasteiger partial charge in [0.15, 0.2) is 0 Å². The standard InChI is InChI=1S/C15H22N2O2/c16-14(11-6-2-1-3-7-11)15(19)17-10-12-8-4-5-9-13(12)18/h1-3,6-7,12-14,18H,4-5,8-10,16H2,(H,17,19)/t12?,13?,14-/m0/s1. The number of benzene rings is 1. The molecule has 4 heteroatoms. The molecule has 104 valence electrons. The molecule has 3 atom stereocenters. The summed E-state index contributed by atoms with van der Waals surface area (Å²) in [5.74, 6) is -0.00959. The van der Waals surface area contributed by atoms with Gasteiger partial charge in [-0.25, -0.2) is 0 Å². The van der Waals surface area contributed by atoms with E-state index in [0.717, 1.165) is 31.2 Å². The Morgan fingerprint density at radius 3 is 2.68 bits per heavy atom. The van der Waals surface area contributed by atoms with Crippen LogP contribution < -0.4 is 11.1 Å². The minimum absolute atomic E-state index is 0.167. The second-order valence-electron chi connectivity index (χ2n) is 5.25. The molecule has 4 nitrogen and oxygen atoms in total. The van der Waals surface area contributed by atoms with E-state index in [9.17, 15) is 9.90 Å². The average Bonchev–Trinajstić information content (AvgIpc) is 2.46. The number of aliphatic hydroxyl groups is 1. The Labute approximate surface area is 114 Å². The molecule has 1 aliphatic rings. The lowest BCUT2D eigenvalue weighted by molar-refractivity contribution is -0.122. The molecule has 0 radical (unpaired) electrons. The first-order valence-corrected chi connectivity index (χ1v) is 6.95. The Kier molecular flexibility index (Phi) is 4.93. The molecular formula is C15H22N2O2. The lowest BCUT2D eigenvalue weighted by Gasteiger charge is -2.28. The van der Waals surface area contributed by atoms with Crippen molar-refractivity contribution in [2.75, 3.05) is 6.54 Å². The minimum Gasteiger partial charge on any atom is -0.393 e. The van der Waals surface area contributed by atoms with E-state index in [2.05, 4.69) is 5.32 Å². The smallest absolute Gasteiger partial charge is 0.241 e. The Bertz CT molecular complexity index is 408. The number of amides is 1. The Balaban J connectivity index is 1.84. The number of nitrogens with one attached hydrogen (secondary N) is 1. The van der Waals surface area contributed by atoms with Crippen molar-refractivity contribution in [3.63, 3.8) is 0 Å². The number of aliphatic hydroxyl groups excluding tert-OH is 1. The summed E-state index contributed by atoms with van der Waals surface area (Å²) in [5, 5.41) is 12.7. The summed E-state index contributed by atoms with van der Waals surface area (Å²) >= 11 is 0. The van der Waals surface area contributed by atoms with E-state index in [1.165, 1.54) is 0 Å². The van der Waals surface area contributed by atoms with E-state index in [-0.39, 0.29) is 17.9 Å². The van der Waals surface area contributed by atoms with Gasteiger partial charge in [0.25, 0.3) is 0 Å². The Morgan fingerprint density at radius 2 is 2.00 bits per heavy atom. The van der Waals surface area contributed by atoms with Crippen LogP contribution in [-0.2, 0) is 4.79 Å². The SMILES string of the molecule is N[C@H](C(=O)NCC1CCCCC1O)c1ccccc1.